The third-order valence-corrected chi connectivity index (χ3v) is 5.61. The number of aliphatic hydroxyl groups is 1. The molecular formula is C19H11F25O3. The molecule has 0 aliphatic rings. The van der Waals surface area contributed by atoms with Gasteiger partial charge in [0.1, 0.15) is 6.61 Å². The van der Waals surface area contributed by atoms with Crippen LogP contribution >= 0.6 is 0 Å². The molecule has 0 rings (SSSR count). The van der Waals surface area contributed by atoms with E-state index in [2.05, 4.69) is 11.3 Å². The highest BCUT2D eigenvalue weighted by atomic mass is 19.4. The van der Waals surface area contributed by atoms with E-state index in [-0.39, 0.29) is 0 Å². The van der Waals surface area contributed by atoms with E-state index in [1.165, 1.54) is 0 Å². The van der Waals surface area contributed by atoms with Crippen molar-refractivity contribution in [2.24, 2.45) is 0 Å². The van der Waals surface area contributed by atoms with E-state index in [1.807, 2.05) is 0 Å². The van der Waals surface area contributed by atoms with E-state index in [0.717, 1.165) is 6.92 Å². The molecule has 0 bridgehead atoms. The Labute approximate surface area is 241 Å². The summed E-state index contributed by atoms with van der Waals surface area (Å²) in [5.74, 6) is -101. The Morgan fingerprint density at radius 2 is 0.745 bits per heavy atom. The number of carbonyl (C=O) groups excluding carboxylic acids is 1. The van der Waals surface area contributed by atoms with Gasteiger partial charge in [0, 0.05) is 12.0 Å². The van der Waals surface area contributed by atoms with Crippen molar-refractivity contribution in [2.45, 2.75) is 90.8 Å². The third-order valence-electron chi connectivity index (χ3n) is 5.61. The lowest BCUT2D eigenvalue weighted by molar-refractivity contribution is -0.482. The summed E-state index contributed by atoms with van der Waals surface area (Å²) < 4.78 is 339. The molecule has 0 saturated heterocycles. The first-order chi connectivity index (χ1) is 20.0. The van der Waals surface area contributed by atoms with Crippen molar-refractivity contribution >= 4 is 5.97 Å². The average Bonchev–Trinajstić information content (AvgIpc) is 2.84. The molecule has 280 valence electrons. The summed E-state index contributed by atoms with van der Waals surface area (Å²) in [5, 5.41) is 9.12. The summed E-state index contributed by atoms with van der Waals surface area (Å²) in [4.78, 5) is 11.0. The zero-order valence-electron chi connectivity index (χ0n) is 21.4. The number of hydrogen-bond donors (Lipinski definition) is 1. The molecule has 1 atom stereocenters. The van der Waals surface area contributed by atoms with Crippen LogP contribution < -0.4 is 0 Å². The van der Waals surface area contributed by atoms with Crippen molar-refractivity contribution in [3.8, 4) is 0 Å². The molecule has 28 heteroatoms. The molecule has 1 unspecified atom stereocenters. The number of halogens is 25. The summed E-state index contributed by atoms with van der Waals surface area (Å²) in [7, 11) is 0. The molecule has 0 aliphatic heterocycles. The van der Waals surface area contributed by atoms with Crippen LogP contribution in [0.2, 0.25) is 0 Å². The first-order valence-corrected chi connectivity index (χ1v) is 10.7. The molecule has 0 aliphatic carbocycles. The fourth-order valence-corrected chi connectivity index (χ4v) is 2.76. The highest BCUT2D eigenvalue weighted by Gasteiger charge is 2.99. The van der Waals surface area contributed by atoms with Crippen LogP contribution in [0.3, 0.4) is 0 Å². The highest BCUT2D eigenvalue weighted by Crippen LogP contribution is 2.67. The molecule has 0 aromatic heterocycles. The van der Waals surface area contributed by atoms with Gasteiger partial charge in [-0.25, -0.2) is 4.79 Å². The van der Waals surface area contributed by atoms with Crippen molar-refractivity contribution in [2.75, 3.05) is 6.61 Å². The molecule has 0 saturated carbocycles. The number of alkyl halides is 25. The van der Waals surface area contributed by atoms with E-state index in [9.17, 15) is 115 Å². The first kappa shape index (κ1) is 44.4. The molecule has 0 fully saturated rings. The summed E-state index contributed by atoms with van der Waals surface area (Å²) in [5.41, 5.74) is -0.651. The van der Waals surface area contributed by atoms with Gasteiger partial charge in [-0.1, -0.05) is 6.58 Å². The first-order valence-electron chi connectivity index (χ1n) is 10.7. The summed E-state index contributed by atoms with van der Waals surface area (Å²) in [6.45, 7) is 1.65. The maximum Gasteiger partial charge on any atom is 0.460 e. The predicted molar refractivity (Wildman–Crippen MR) is 96.9 cm³/mol. The van der Waals surface area contributed by atoms with Gasteiger partial charge in [-0.05, 0) is 6.92 Å². The molecule has 0 radical (unpaired) electrons. The number of hydrogen-bond acceptors (Lipinski definition) is 3. The van der Waals surface area contributed by atoms with Gasteiger partial charge in [0.25, 0.3) is 0 Å². The maximum atomic E-state index is 13.9. The quantitative estimate of drug-likeness (QED) is 0.104. The number of aliphatic hydroxyl groups excluding tert-OH is 1. The summed E-state index contributed by atoms with van der Waals surface area (Å²) >= 11 is 0. The van der Waals surface area contributed by atoms with Gasteiger partial charge >= 0.3 is 77.3 Å². The minimum Gasteiger partial charge on any atom is -0.460 e. The molecule has 0 aromatic carbocycles. The van der Waals surface area contributed by atoms with E-state index in [1.54, 1.807) is 0 Å². The molecule has 1 N–H and O–H groups in total. The van der Waals surface area contributed by atoms with E-state index < -0.39 is 102 Å². The Bertz CT molecular complexity index is 1170. The lowest BCUT2D eigenvalue weighted by Crippen LogP contribution is -2.78. The third kappa shape index (κ3) is 6.11. The lowest BCUT2D eigenvalue weighted by atomic mass is 9.84. The van der Waals surface area contributed by atoms with Crippen molar-refractivity contribution in [3.63, 3.8) is 0 Å². The molecule has 0 heterocycles. The Hall–Kier alpha value is -2.58. The Balaban J connectivity index is 7.08. The van der Waals surface area contributed by atoms with E-state index >= 15 is 0 Å². The Kier molecular flexibility index (Phi) is 11.1. The standard InChI is InChI=1S/C19H11F25O3/c1-5(2)7(46)47-4-6(45)3-8(20,21)9(22,23)10(24,25)11(26,27)12(28,29)13(30,31)14(32,33)15(34,35)16(36,37)17(38,39)18(40,41)19(42,43)44/h6,45H,1,3-4H2,2H3. The second kappa shape index (κ2) is 11.8. The van der Waals surface area contributed by atoms with Gasteiger partial charge in [-0.15, -0.1) is 0 Å². The zero-order chi connectivity index (χ0) is 38.9. The van der Waals surface area contributed by atoms with Crippen LogP contribution in [0.15, 0.2) is 12.2 Å². The van der Waals surface area contributed by atoms with Crippen molar-refractivity contribution in [3.05, 3.63) is 12.2 Å². The number of carbonyl (C=O) groups is 1. The molecular weight excluding hydrogens is 751 g/mol. The van der Waals surface area contributed by atoms with Gasteiger partial charge in [-0.2, -0.15) is 110 Å². The van der Waals surface area contributed by atoms with Crippen LogP contribution in [-0.4, -0.2) is 95.1 Å². The molecule has 47 heavy (non-hydrogen) atoms. The second-order valence-corrected chi connectivity index (χ2v) is 9.18. The molecule has 3 nitrogen and oxygen atoms in total. The van der Waals surface area contributed by atoms with Gasteiger partial charge in [0.15, 0.2) is 0 Å². The van der Waals surface area contributed by atoms with Crippen LogP contribution in [-0.2, 0) is 9.53 Å². The lowest BCUT2D eigenvalue weighted by Gasteiger charge is -2.45. The van der Waals surface area contributed by atoms with Gasteiger partial charge < -0.3 is 9.84 Å². The van der Waals surface area contributed by atoms with Gasteiger partial charge in [-0.3, -0.25) is 0 Å². The highest BCUT2D eigenvalue weighted by molar-refractivity contribution is 5.86. The van der Waals surface area contributed by atoms with Gasteiger partial charge in [0.2, 0.25) is 0 Å². The Morgan fingerprint density at radius 1 is 0.511 bits per heavy atom. The monoisotopic (exact) mass is 762 g/mol. The predicted octanol–water partition coefficient (Wildman–Crippen LogP) is 8.41. The van der Waals surface area contributed by atoms with E-state index in [0.29, 0.717) is 0 Å². The molecule has 0 aromatic rings. The number of esters is 1. The van der Waals surface area contributed by atoms with Crippen LogP contribution in [0.5, 0.6) is 0 Å². The van der Waals surface area contributed by atoms with Crippen molar-refractivity contribution < 1.29 is 124 Å². The fraction of sp³-hybridized carbons (Fsp3) is 0.842. The normalized spacial score (nSPS) is 16.7. The van der Waals surface area contributed by atoms with Crippen LogP contribution in [0, 0.1) is 0 Å². The zero-order valence-corrected chi connectivity index (χ0v) is 21.4. The van der Waals surface area contributed by atoms with E-state index in [4.69, 9.17) is 5.11 Å². The minimum absolute atomic E-state index is 0.651. The maximum absolute atomic E-state index is 13.9. The number of ether oxygens (including phenoxy) is 1. The Morgan fingerprint density at radius 3 is 0.979 bits per heavy atom. The SMILES string of the molecule is C=C(C)C(=O)OCC(O)CC(F)(F)C(F)(F)C(F)(F)C(F)(F)C(F)(F)C(F)(F)C(F)(F)C(F)(F)C(F)(F)C(F)(F)C(F)(F)C(F)(F)F. The van der Waals surface area contributed by atoms with Crippen LogP contribution in [0.1, 0.15) is 13.3 Å². The summed E-state index contributed by atoms with van der Waals surface area (Å²) in [6, 6.07) is 0. The minimum atomic E-state index is -9.67. The van der Waals surface area contributed by atoms with Gasteiger partial charge in [0.05, 0.1) is 6.10 Å². The average molecular weight is 762 g/mol. The smallest absolute Gasteiger partial charge is 0.460 e. The largest absolute Gasteiger partial charge is 0.460 e. The topological polar surface area (TPSA) is 46.5 Å². The second-order valence-electron chi connectivity index (χ2n) is 9.18. The fourth-order valence-electron chi connectivity index (χ4n) is 2.76. The molecule has 0 amide bonds. The summed E-state index contributed by atoms with van der Waals surface area (Å²) in [6.07, 6.45) is -15.0. The number of rotatable bonds is 15. The van der Waals surface area contributed by atoms with Crippen LogP contribution in [0.25, 0.3) is 0 Å². The molecule has 0 spiro atoms. The van der Waals surface area contributed by atoms with Crippen LogP contribution in [0.4, 0.5) is 110 Å². The van der Waals surface area contributed by atoms with Crippen molar-refractivity contribution in [1.29, 1.82) is 0 Å². The van der Waals surface area contributed by atoms with Crippen molar-refractivity contribution in [1.82, 2.24) is 0 Å².